The zero-order chi connectivity index (χ0) is 19.8. The van der Waals surface area contributed by atoms with Gasteiger partial charge in [0.1, 0.15) is 11.2 Å². The van der Waals surface area contributed by atoms with Gasteiger partial charge in [0.05, 0.1) is 27.8 Å². The molecule has 0 atom stereocenters. The van der Waals surface area contributed by atoms with Crippen LogP contribution in [0.3, 0.4) is 0 Å². The van der Waals surface area contributed by atoms with Gasteiger partial charge in [0, 0.05) is 21.3 Å². The van der Waals surface area contributed by atoms with Crippen LogP contribution in [0.4, 0.5) is 0 Å². The van der Waals surface area contributed by atoms with Crippen LogP contribution < -0.4 is 0 Å². The maximum Gasteiger partial charge on any atom is 0.220 e. The van der Waals surface area contributed by atoms with E-state index in [1.54, 1.807) is 0 Å². The normalized spacial score (nSPS) is 12.2. The van der Waals surface area contributed by atoms with Crippen molar-refractivity contribution < 1.29 is 4.42 Å². The van der Waals surface area contributed by atoms with E-state index >= 15 is 0 Å². The van der Waals surface area contributed by atoms with E-state index < -0.39 is 0 Å². The number of hydrogen-bond acceptors (Lipinski definition) is 2. The third-order valence-corrected chi connectivity index (χ3v) is 6.28. The first kappa shape index (κ1) is 16.3. The largest absolute Gasteiger partial charge is 0.456 e. The van der Waals surface area contributed by atoms with Gasteiger partial charge in [0.2, 0.25) is 5.78 Å². The van der Waals surface area contributed by atoms with E-state index in [9.17, 15) is 0 Å². The van der Waals surface area contributed by atoms with Crippen LogP contribution >= 0.6 is 15.9 Å². The molecule has 0 fully saturated rings. The molecule has 5 heteroatoms. The van der Waals surface area contributed by atoms with Crippen molar-refractivity contribution in [3.63, 3.8) is 0 Å². The standard InChI is InChI=1S/C25H14BrN3O/c26-15-9-12-21-22(13-15)28(25-27-19-6-2-3-7-20(19)29(21)25)16-10-11-18-17-5-1-4-8-23(17)30-24(18)14-16/h1-14H. The van der Waals surface area contributed by atoms with Gasteiger partial charge in [-0.15, -0.1) is 0 Å². The molecule has 0 aliphatic heterocycles. The number of para-hydroxylation sites is 3. The van der Waals surface area contributed by atoms with Gasteiger partial charge in [0.25, 0.3) is 0 Å². The summed E-state index contributed by atoms with van der Waals surface area (Å²) in [5.41, 5.74) is 7.09. The highest BCUT2D eigenvalue weighted by atomic mass is 79.9. The van der Waals surface area contributed by atoms with Crippen LogP contribution in [-0.4, -0.2) is 14.0 Å². The first-order chi connectivity index (χ1) is 14.8. The Labute approximate surface area is 179 Å². The van der Waals surface area contributed by atoms with Crippen molar-refractivity contribution in [2.75, 3.05) is 0 Å². The van der Waals surface area contributed by atoms with Gasteiger partial charge in [-0.3, -0.25) is 8.97 Å². The molecular weight excluding hydrogens is 438 g/mol. The van der Waals surface area contributed by atoms with Crippen LogP contribution in [0.25, 0.3) is 55.5 Å². The maximum atomic E-state index is 6.15. The fourth-order valence-corrected chi connectivity index (χ4v) is 4.83. The molecule has 4 nitrogen and oxygen atoms in total. The van der Waals surface area contributed by atoms with Crippen LogP contribution in [0.5, 0.6) is 0 Å². The van der Waals surface area contributed by atoms with Gasteiger partial charge >= 0.3 is 0 Å². The van der Waals surface area contributed by atoms with Crippen molar-refractivity contribution in [3.05, 3.63) is 89.4 Å². The predicted molar refractivity (Wildman–Crippen MR) is 125 cm³/mol. The van der Waals surface area contributed by atoms with E-state index in [0.29, 0.717) is 0 Å². The second-order valence-electron chi connectivity index (χ2n) is 7.48. The molecule has 0 radical (unpaired) electrons. The lowest BCUT2D eigenvalue weighted by atomic mass is 10.1. The van der Waals surface area contributed by atoms with E-state index in [1.165, 1.54) is 0 Å². The molecule has 3 heterocycles. The average molecular weight is 452 g/mol. The Bertz CT molecular complexity index is 1770. The first-order valence-corrected chi connectivity index (χ1v) is 10.6. The summed E-state index contributed by atoms with van der Waals surface area (Å²) in [5.74, 6) is 0.889. The van der Waals surface area contributed by atoms with Crippen LogP contribution in [0.2, 0.25) is 0 Å². The monoisotopic (exact) mass is 451 g/mol. The van der Waals surface area contributed by atoms with Gasteiger partial charge in [0.15, 0.2) is 0 Å². The van der Waals surface area contributed by atoms with E-state index in [-0.39, 0.29) is 0 Å². The third kappa shape index (κ3) is 2.07. The molecule has 3 aromatic heterocycles. The number of fused-ring (bicyclic) bond motifs is 8. The second kappa shape index (κ2) is 5.74. The minimum atomic E-state index is 0.875. The van der Waals surface area contributed by atoms with E-state index in [2.05, 4.69) is 85.6 Å². The van der Waals surface area contributed by atoms with Crippen molar-refractivity contribution in [1.29, 1.82) is 0 Å². The molecule has 4 aromatic carbocycles. The Balaban J connectivity index is 1.63. The molecule has 0 saturated carbocycles. The molecule has 7 aromatic rings. The number of aromatic nitrogens is 3. The fourth-order valence-electron chi connectivity index (χ4n) is 4.48. The summed E-state index contributed by atoms with van der Waals surface area (Å²) in [6, 6.07) is 29.1. The predicted octanol–water partition coefficient (Wildman–Crippen LogP) is 7.09. The van der Waals surface area contributed by atoms with Crippen molar-refractivity contribution in [3.8, 4) is 5.69 Å². The lowest BCUT2D eigenvalue weighted by Crippen LogP contribution is -1.94. The molecule has 0 aliphatic rings. The van der Waals surface area contributed by atoms with Crippen molar-refractivity contribution in [1.82, 2.24) is 14.0 Å². The molecule has 0 saturated heterocycles. The molecular formula is C25H14BrN3O. The second-order valence-corrected chi connectivity index (χ2v) is 8.40. The summed E-state index contributed by atoms with van der Waals surface area (Å²) < 4.78 is 11.6. The Morgan fingerprint density at radius 1 is 0.700 bits per heavy atom. The first-order valence-electron chi connectivity index (χ1n) is 9.77. The maximum absolute atomic E-state index is 6.15. The van der Waals surface area contributed by atoms with Gasteiger partial charge in [-0.1, -0.05) is 46.3 Å². The Morgan fingerprint density at radius 2 is 1.53 bits per heavy atom. The van der Waals surface area contributed by atoms with Crippen molar-refractivity contribution >= 4 is 65.7 Å². The van der Waals surface area contributed by atoms with Crippen molar-refractivity contribution in [2.45, 2.75) is 0 Å². The number of hydrogen-bond donors (Lipinski definition) is 0. The molecule has 0 amide bonds. The summed E-state index contributed by atoms with van der Waals surface area (Å²) in [4.78, 5) is 4.96. The average Bonchev–Trinajstić information content (AvgIpc) is 3.41. The summed E-state index contributed by atoms with van der Waals surface area (Å²) in [5, 5.41) is 2.26. The number of imidazole rings is 2. The third-order valence-electron chi connectivity index (χ3n) is 5.78. The highest BCUT2D eigenvalue weighted by Gasteiger charge is 2.18. The number of nitrogens with zero attached hydrogens (tertiary/aromatic N) is 3. The van der Waals surface area contributed by atoms with Crippen LogP contribution in [0.1, 0.15) is 0 Å². The van der Waals surface area contributed by atoms with Crippen LogP contribution in [-0.2, 0) is 0 Å². The highest BCUT2D eigenvalue weighted by Crippen LogP contribution is 2.34. The molecule has 30 heavy (non-hydrogen) atoms. The minimum Gasteiger partial charge on any atom is -0.456 e. The Hall–Kier alpha value is -3.57. The number of rotatable bonds is 1. The SMILES string of the molecule is Brc1ccc2c(c1)n(-c1ccc3c(c1)oc1ccccc13)c1nc3ccccc3n21. The molecule has 0 bridgehead atoms. The summed E-state index contributed by atoms with van der Waals surface area (Å²) in [6.45, 7) is 0. The number of furan rings is 1. The lowest BCUT2D eigenvalue weighted by Gasteiger charge is -2.05. The lowest BCUT2D eigenvalue weighted by molar-refractivity contribution is 0.668. The molecule has 142 valence electrons. The molecule has 0 aliphatic carbocycles. The summed E-state index contributed by atoms with van der Waals surface area (Å²) in [7, 11) is 0. The van der Waals surface area contributed by atoms with Crippen LogP contribution in [0.15, 0.2) is 93.8 Å². The summed E-state index contributed by atoms with van der Waals surface area (Å²) >= 11 is 3.64. The summed E-state index contributed by atoms with van der Waals surface area (Å²) in [6.07, 6.45) is 0. The Kier molecular flexibility index (Phi) is 3.11. The minimum absolute atomic E-state index is 0.875. The number of halogens is 1. The smallest absolute Gasteiger partial charge is 0.220 e. The highest BCUT2D eigenvalue weighted by molar-refractivity contribution is 9.10. The van der Waals surface area contributed by atoms with E-state index in [4.69, 9.17) is 9.40 Å². The van der Waals surface area contributed by atoms with Crippen LogP contribution in [0, 0.1) is 0 Å². The quantitative estimate of drug-likeness (QED) is 0.267. The van der Waals surface area contributed by atoms with Crippen molar-refractivity contribution in [2.24, 2.45) is 0 Å². The van der Waals surface area contributed by atoms with E-state index in [1.807, 2.05) is 24.3 Å². The molecule has 0 N–H and O–H groups in total. The zero-order valence-electron chi connectivity index (χ0n) is 15.7. The van der Waals surface area contributed by atoms with Gasteiger partial charge in [-0.05, 0) is 48.5 Å². The van der Waals surface area contributed by atoms with E-state index in [0.717, 1.165) is 59.9 Å². The molecule has 0 spiro atoms. The fraction of sp³-hybridized carbons (Fsp3) is 0. The molecule has 7 rings (SSSR count). The number of benzene rings is 4. The Morgan fingerprint density at radius 3 is 2.50 bits per heavy atom. The zero-order valence-corrected chi connectivity index (χ0v) is 17.3. The van der Waals surface area contributed by atoms with Gasteiger partial charge in [-0.2, -0.15) is 0 Å². The molecule has 0 unspecified atom stereocenters. The van der Waals surface area contributed by atoms with Gasteiger partial charge < -0.3 is 4.42 Å². The van der Waals surface area contributed by atoms with Gasteiger partial charge in [-0.25, -0.2) is 4.98 Å². The topological polar surface area (TPSA) is 35.4 Å².